The lowest BCUT2D eigenvalue weighted by Gasteiger charge is -2.30. The maximum absolute atomic E-state index is 12.2. The molecule has 1 aliphatic carbocycles. The fourth-order valence-corrected chi connectivity index (χ4v) is 4.32. The Bertz CT molecular complexity index is 978. The Morgan fingerprint density at radius 3 is 2.62 bits per heavy atom. The second-order valence-corrected chi connectivity index (χ2v) is 9.41. The molecule has 172 valence electrons. The van der Waals surface area contributed by atoms with Crippen molar-refractivity contribution in [3.8, 4) is 0 Å². The van der Waals surface area contributed by atoms with Crippen LogP contribution < -0.4 is 10.6 Å². The quantitative estimate of drug-likeness (QED) is 0.551. The van der Waals surface area contributed by atoms with Crippen molar-refractivity contribution >= 4 is 11.9 Å². The van der Waals surface area contributed by atoms with Gasteiger partial charge in [-0.05, 0) is 36.8 Å². The first-order valence-electron chi connectivity index (χ1n) is 11.7. The predicted octanol–water partition coefficient (Wildman–Crippen LogP) is 1.90. The first kappa shape index (κ1) is 22.3. The highest BCUT2D eigenvalue weighted by molar-refractivity contribution is 5.85. The van der Waals surface area contributed by atoms with Gasteiger partial charge in [0.1, 0.15) is 12.4 Å². The fraction of sp³-hybridized carbons (Fsp3) is 0.583. The molecule has 2 unspecified atom stereocenters. The average Bonchev–Trinajstić information content (AvgIpc) is 3.21. The predicted molar refractivity (Wildman–Crippen MR) is 126 cm³/mol. The minimum Gasteiger partial charge on any atom is -0.353 e. The third-order valence-corrected chi connectivity index (χ3v) is 6.29. The number of guanidine groups is 1. The van der Waals surface area contributed by atoms with Gasteiger partial charge in [-0.15, -0.1) is 0 Å². The lowest BCUT2D eigenvalue weighted by atomic mass is 9.88. The van der Waals surface area contributed by atoms with E-state index in [4.69, 9.17) is 5.10 Å². The van der Waals surface area contributed by atoms with E-state index in [0.717, 1.165) is 50.3 Å². The number of hydrogen-bond donors (Lipinski definition) is 2. The highest BCUT2D eigenvalue weighted by atomic mass is 16.2. The van der Waals surface area contributed by atoms with E-state index in [2.05, 4.69) is 58.7 Å². The average molecular weight is 438 g/mol. The van der Waals surface area contributed by atoms with Crippen LogP contribution in [0.15, 0.2) is 29.3 Å². The summed E-state index contributed by atoms with van der Waals surface area (Å²) in [5, 5.41) is 11.9. The number of nitrogens with one attached hydrogen (secondary N) is 2. The monoisotopic (exact) mass is 437 g/mol. The van der Waals surface area contributed by atoms with E-state index in [1.165, 1.54) is 11.1 Å². The third-order valence-electron chi connectivity index (χ3n) is 6.29. The molecule has 0 spiro atoms. The third kappa shape index (κ3) is 5.29. The summed E-state index contributed by atoms with van der Waals surface area (Å²) in [5.41, 5.74) is 2.83. The summed E-state index contributed by atoms with van der Waals surface area (Å²) in [6.45, 7) is 5.13. The van der Waals surface area contributed by atoms with E-state index in [1.807, 2.05) is 4.68 Å². The van der Waals surface area contributed by atoms with Crippen molar-refractivity contribution < 1.29 is 4.79 Å². The Hall–Kier alpha value is -2.90. The summed E-state index contributed by atoms with van der Waals surface area (Å²) in [6, 6.07) is 9.14. The first-order chi connectivity index (χ1) is 15.4. The number of nitrogens with zero attached hydrogens (tertiary/aromatic N) is 5. The van der Waals surface area contributed by atoms with Crippen molar-refractivity contribution in [1.29, 1.82) is 0 Å². The Morgan fingerprint density at radius 1 is 1.16 bits per heavy atom. The number of amides is 1. The number of fused-ring (bicyclic) bond motifs is 2. The lowest BCUT2D eigenvalue weighted by molar-refractivity contribution is -0.127. The van der Waals surface area contributed by atoms with Gasteiger partial charge in [-0.3, -0.25) is 4.79 Å². The van der Waals surface area contributed by atoms with Gasteiger partial charge in [0.05, 0.1) is 6.54 Å². The molecule has 2 aliphatic rings. The molecule has 0 saturated heterocycles. The van der Waals surface area contributed by atoms with Gasteiger partial charge in [0.15, 0.2) is 11.8 Å². The van der Waals surface area contributed by atoms with Gasteiger partial charge >= 0.3 is 0 Å². The van der Waals surface area contributed by atoms with Crippen molar-refractivity contribution in [2.24, 2.45) is 4.99 Å². The fourth-order valence-electron chi connectivity index (χ4n) is 4.32. The number of hydrogen-bond acceptors (Lipinski definition) is 4. The second kappa shape index (κ2) is 9.71. The van der Waals surface area contributed by atoms with Gasteiger partial charge < -0.3 is 15.5 Å². The molecule has 2 aromatic rings. The van der Waals surface area contributed by atoms with Crippen molar-refractivity contribution in [3.05, 3.63) is 47.0 Å². The van der Waals surface area contributed by atoms with E-state index < -0.39 is 0 Å². The highest BCUT2D eigenvalue weighted by Gasteiger charge is 2.25. The molecule has 1 aromatic heterocycles. The van der Waals surface area contributed by atoms with Crippen molar-refractivity contribution in [1.82, 2.24) is 30.3 Å². The molecule has 4 rings (SSSR count). The number of aliphatic imine (C=N–C) groups is 1. The normalized spacial score (nSPS) is 20.5. The molecule has 8 heteroatoms. The van der Waals surface area contributed by atoms with Crippen LogP contribution in [0, 0.1) is 0 Å². The molecule has 2 heterocycles. The summed E-state index contributed by atoms with van der Waals surface area (Å²) in [4.78, 5) is 23.1. The Balaban J connectivity index is 1.45. The molecule has 0 radical (unpaired) electrons. The van der Waals surface area contributed by atoms with E-state index in [9.17, 15) is 4.79 Å². The molecule has 2 atom stereocenters. The van der Waals surface area contributed by atoms with Gasteiger partial charge in [-0.1, -0.05) is 38.1 Å². The molecule has 1 amide bonds. The van der Waals surface area contributed by atoms with E-state index >= 15 is 0 Å². The van der Waals surface area contributed by atoms with E-state index in [0.29, 0.717) is 17.9 Å². The zero-order valence-corrected chi connectivity index (χ0v) is 19.6. The van der Waals surface area contributed by atoms with Crippen LogP contribution in [0.1, 0.15) is 55.4 Å². The number of likely N-dealkylation sites (N-methyl/N-ethyl adjacent to an activating group) is 1. The summed E-state index contributed by atoms with van der Waals surface area (Å²) < 4.78 is 2.02. The molecule has 1 aliphatic heterocycles. The summed E-state index contributed by atoms with van der Waals surface area (Å²) in [5.74, 6) is 2.99. The zero-order chi connectivity index (χ0) is 22.7. The summed E-state index contributed by atoms with van der Waals surface area (Å²) >= 11 is 0. The number of aromatic nitrogens is 3. The minimum absolute atomic E-state index is 0.0103. The Kier molecular flexibility index (Phi) is 6.77. The number of benzene rings is 1. The second-order valence-electron chi connectivity index (χ2n) is 9.41. The van der Waals surface area contributed by atoms with Crippen LogP contribution in [0.5, 0.6) is 0 Å². The van der Waals surface area contributed by atoms with Crippen molar-refractivity contribution in [2.45, 2.75) is 70.5 Å². The van der Waals surface area contributed by atoms with Gasteiger partial charge in [-0.2, -0.15) is 5.10 Å². The number of carbonyl (C=O) groups excluding carboxylic acids is 1. The Morgan fingerprint density at radius 2 is 1.88 bits per heavy atom. The highest BCUT2D eigenvalue weighted by Crippen LogP contribution is 2.21. The van der Waals surface area contributed by atoms with Crippen LogP contribution in [0.4, 0.5) is 0 Å². The smallest absolute Gasteiger partial charge is 0.243 e. The summed E-state index contributed by atoms with van der Waals surface area (Å²) in [7, 11) is 3.52. The van der Waals surface area contributed by atoms with Crippen molar-refractivity contribution in [2.75, 3.05) is 20.6 Å². The zero-order valence-electron chi connectivity index (χ0n) is 19.6. The molecule has 1 aromatic carbocycles. The molecule has 0 fully saturated rings. The Labute approximate surface area is 190 Å². The van der Waals surface area contributed by atoms with Crippen LogP contribution in [0.25, 0.3) is 0 Å². The molecule has 0 bridgehead atoms. The van der Waals surface area contributed by atoms with Gasteiger partial charge in [0.2, 0.25) is 5.91 Å². The first-order valence-corrected chi connectivity index (χ1v) is 11.7. The van der Waals surface area contributed by atoms with Crippen LogP contribution in [-0.4, -0.2) is 64.3 Å². The SMILES string of the molecule is CC(C)c1nc2n(n1)CC(NC(=NCC(=O)N(C)C)NC1CCc3ccccc3C1)CC2. The minimum atomic E-state index is -0.0103. The summed E-state index contributed by atoms with van der Waals surface area (Å²) in [6.07, 6.45) is 4.93. The maximum atomic E-state index is 12.2. The van der Waals surface area contributed by atoms with Gasteiger partial charge in [0, 0.05) is 38.5 Å². The van der Waals surface area contributed by atoms with Crippen LogP contribution in [-0.2, 0) is 30.6 Å². The standard InChI is InChI=1S/C24H35N7O/c1-16(2)23-28-21-12-11-20(15-31(21)29-23)27-24(25-14-22(32)30(3)4)26-19-10-9-17-7-5-6-8-18(17)13-19/h5-8,16,19-20H,9-15H2,1-4H3,(H2,25,26,27). The number of carbonyl (C=O) groups is 1. The van der Waals surface area contributed by atoms with Crippen LogP contribution >= 0.6 is 0 Å². The van der Waals surface area contributed by atoms with Crippen molar-refractivity contribution in [3.63, 3.8) is 0 Å². The van der Waals surface area contributed by atoms with Gasteiger partial charge in [0.25, 0.3) is 0 Å². The molecular formula is C24H35N7O. The molecular weight excluding hydrogens is 402 g/mol. The largest absolute Gasteiger partial charge is 0.353 e. The maximum Gasteiger partial charge on any atom is 0.243 e. The van der Waals surface area contributed by atoms with Gasteiger partial charge in [-0.25, -0.2) is 14.7 Å². The lowest BCUT2D eigenvalue weighted by Crippen LogP contribution is -2.51. The van der Waals surface area contributed by atoms with E-state index in [1.54, 1.807) is 19.0 Å². The number of aryl methyl sites for hydroxylation is 2. The molecule has 0 saturated carbocycles. The van der Waals surface area contributed by atoms with Crippen LogP contribution in [0.2, 0.25) is 0 Å². The molecule has 2 N–H and O–H groups in total. The molecule has 32 heavy (non-hydrogen) atoms. The molecule has 8 nitrogen and oxygen atoms in total. The number of rotatable bonds is 5. The van der Waals surface area contributed by atoms with Crippen LogP contribution in [0.3, 0.4) is 0 Å². The topological polar surface area (TPSA) is 87.4 Å². The van der Waals surface area contributed by atoms with E-state index in [-0.39, 0.29) is 18.5 Å².